The third kappa shape index (κ3) is 6.48. The van der Waals surface area contributed by atoms with Gasteiger partial charge in [-0.15, -0.1) is 0 Å². The van der Waals surface area contributed by atoms with Crippen LogP contribution in [0.3, 0.4) is 0 Å². The average molecular weight is 459 g/mol. The predicted octanol–water partition coefficient (Wildman–Crippen LogP) is 2.31. The van der Waals surface area contributed by atoms with Crippen molar-refractivity contribution in [2.75, 3.05) is 13.2 Å². The molecule has 14 heteroatoms. The molecule has 162 valence electrons. The number of hydrogen-bond acceptors (Lipinski definition) is 5. The van der Waals surface area contributed by atoms with Gasteiger partial charge in [0.15, 0.2) is 18.9 Å². The van der Waals surface area contributed by atoms with Gasteiger partial charge in [-0.2, -0.15) is 31.3 Å². The molecule has 3 rings (SSSR count). The molecule has 0 spiro atoms. The SMILES string of the molecule is O=c1ccc2c(=O)n(-c3ccc(OCC(F)(F)F)cc3)c(OCC(F)(F)F)nc2[nH]1.[NaH]. The fourth-order valence-electron chi connectivity index (χ4n) is 2.40. The number of pyridine rings is 1. The number of halogens is 6. The number of benzene rings is 1. The van der Waals surface area contributed by atoms with E-state index in [0.717, 1.165) is 36.4 Å². The van der Waals surface area contributed by atoms with Crippen LogP contribution < -0.4 is 20.6 Å². The van der Waals surface area contributed by atoms with Gasteiger partial charge in [0.1, 0.15) is 5.75 Å². The molecule has 0 radical (unpaired) electrons. The van der Waals surface area contributed by atoms with Crippen LogP contribution in [0.15, 0.2) is 46.0 Å². The number of ether oxygens (including phenoxy) is 2. The number of rotatable bonds is 5. The summed E-state index contributed by atoms with van der Waals surface area (Å²) in [5.74, 6) is -0.181. The molecule has 1 aromatic carbocycles. The number of nitrogens with zero attached hydrogens (tertiary/aromatic N) is 2. The van der Waals surface area contributed by atoms with Crippen molar-refractivity contribution in [2.24, 2.45) is 0 Å². The Bertz CT molecular complexity index is 1170. The summed E-state index contributed by atoms with van der Waals surface area (Å²) in [6.07, 6.45) is -9.30. The van der Waals surface area contributed by atoms with Crippen molar-refractivity contribution >= 4 is 40.6 Å². The van der Waals surface area contributed by atoms with Crippen molar-refractivity contribution in [1.82, 2.24) is 14.5 Å². The van der Waals surface area contributed by atoms with E-state index in [0.29, 0.717) is 4.57 Å². The van der Waals surface area contributed by atoms with Crippen LogP contribution in [0.5, 0.6) is 11.8 Å². The standard InChI is InChI=1S/C17H11F6N3O4.Na.H/c18-16(19,20)7-29-10-3-1-9(2-4-10)26-14(28)11-5-6-12(27)24-13(11)25-15(26)30-8-17(21,22)23;;/h1-6H,7-8H2,(H,24,27);;. The molecule has 0 saturated carbocycles. The first-order chi connectivity index (χ1) is 13.9. The summed E-state index contributed by atoms with van der Waals surface area (Å²) in [5, 5.41) is -0.119. The number of aromatic nitrogens is 3. The van der Waals surface area contributed by atoms with Crippen LogP contribution >= 0.6 is 0 Å². The molecule has 1 N–H and O–H groups in total. The van der Waals surface area contributed by atoms with E-state index in [9.17, 15) is 35.9 Å². The zero-order valence-corrected chi connectivity index (χ0v) is 14.7. The van der Waals surface area contributed by atoms with Crippen molar-refractivity contribution in [3.63, 3.8) is 0 Å². The predicted molar refractivity (Wildman–Crippen MR) is 98.2 cm³/mol. The molecule has 2 aromatic heterocycles. The van der Waals surface area contributed by atoms with Crippen LogP contribution in [-0.2, 0) is 0 Å². The maximum absolute atomic E-state index is 12.8. The summed E-state index contributed by atoms with van der Waals surface area (Å²) in [5.41, 5.74) is -1.83. The second-order valence-electron chi connectivity index (χ2n) is 5.92. The summed E-state index contributed by atoms with van der Waals surface area (Å²) in [7, 11) is 0. The van der Waals surface area contributed by atoms with Crippen LogP contribution in [-0.4, -0.2) is 69.7 Å². The van der Waals surface area contributed by atoms with Gasteiger partial charge in [0, 0.05) is 6.07 Å². The Morgan fingerprint density at radius 3 is 2.03 bits per heavy atom. The first-order valence-corrected chi connectivity index (χ1v) is 8.08. The maximum atomic E-state index is 12.8. The molecule has 0 fully saturated rings. The van der Waals surface area contributed by atoms with Gasteiger partial charge in [-0.1, -0.05) is 0 Å². The van der Waals surface area contributed by atoms with Gasteiger partial charge in [-0.05, 0) is 30.3 Å². The first kappa shape index (κ1) is 24.8. The van der Waals surface area contributed by atoms with Crippen molar-refractivity contribution in [2.45, 2.75) is 12.4 Å². The van der Waals surface area contributed by atoms with Crippen molar-refractivity contribution < 1.29 is 35.8 Å². The van der Waals surface area contributed by atoms with Crippen molar-refractivity contribution in [3.8, 4) is 17.4 Å². The monoisotopic (exact) mass is 459 g/mol. The van der Waals surface area contributed by atoms with E-state index in [-0.39, 0.29) is 52.0 Å². The van der Waals surface area contributed by atoms with E-state index >= 15 is 0 Å². The zero-order valence-electron chi connectivity index (χ0n) is 14.7. The van der Waals surface area contributed by atoms with Gasteiger partial charge < -0.3 is 14.5 Å². The topological polar surface area (TPSA) is 86.2 Å². The van der Waals surface area contributed by atoms with E-state index in [1.165, 1.54) is 0 Å². The third-order valence-corrected chi connectivity index (χ3v) is 3.59. The van der Waals surface area contributed by atoms with E-state index < -0.39 is 42.7 Å². The van der Waals surface area contributed by atoms with Crippen LogP contribution in [0.2, 0.25) is 0 Å². The van der Waals surface area contributed by atoms with Gasteiger partial charge >= 0.3 is 47.9 Å². The number of fused-ring (bicyclic) bond motifs is 1. The Balaban J connectivity index is 0.00000341. The third-order valence-electron chi connectivity index (χ3n) is 3.59. The molecule has 0 aliphatic carbocycles. The van der Waals surface area contributed by atoms with E-state index in [2.05, 4.69) is 19.4 Å². The molecular formula is C17H12F6N3NaO4. The Kier molecular flexibility index (Phi) is 7.44. The van der Waals surface area contributed by atoms with Crippen molar-refractivity contribution in [1.29, 1.82) is 0 Å². The van der Waals surface area contributed by atoms with Crippen LogP contribution in [0, 0.1) is 0 Å². The Hall–Kier alpha value is -2.51. The molecule has 0 atom stereocenters. The first-order valence-electron chi connectivity index (χ1n) is 8.08. The average Bonchev–Trinajstić information content (AvgIpc) is 2.64. The quantitative estimate of drug-likeness (QED) is 0.468. The number of aromatic amines is 1. The summed E-state index contributed by atoms with van der Waals surface area (Å²) in [6.45, 7) is -3.31. The van der Waals surface area contributed by atoms with Crippen molar-refractivity contribution in [3.05, 3.63) is 57.1 Å². The fraction of sp³-hybridized carbons (Fsp3) is 0.235. The molecule has 0 saturated heterocycles. The Morgan fingerprint density at radius 2 is 1.45 bits per heavy atom. The zero-order chi connectivity index (χ0) is 22.1. The van der Waals surface area contributed by atoms with Gasteiger partial charge in [0.25, 0.3) is 5.56 Å². The van der Waals surface area contributed by atoms with E-state index in [1.54, 1.807) is 0 Å². The minimum absolute atomic E-state index is 0. The normalized spacial score (nSPS) is 11.8. The summed E-state index contributed by atoms with van der Waals surface area (Å²) >= 11 is 0. The van der Waals surface area contributed by atoms with Crippen LogP contribution in [0.25, 0.3) is 16.7 Å². The Labute approximate surface area is 190 Å². The van der Waals surface area contributed by atoms with E-state index in [4.69, 9.17) is 0 Å². The molecule has 0 aliphatic rings. The summed E-state index contributed by atoms with van der Waals surface area (Å²) in [6, 6.07) is 5.88. The van der Waals surface area contributed by atoms with Gasteiger partial charge in [0.2, 0.25) is 5.56 Å². The summed E-state index contributed by atoms with van der Waals surface area (Å²) in [4.78, 5) is 30.2. The number of hydrogen-bond donors (Lipinski definition) is 1. The molecule has 0 aliphatic heterocycles. The Morgan fingerprint density at radius 1 is 0.871 bits per heavy atom. The minimum atomic E-state index is -4.74. The number of H-pyrrole nitrogens is 1. The molecule has 31 heavy (non-hydrogen) atoms. The van der Waals surface area contributed by atoms with E-state index in [1.807, 2.05) is 0 Å². The second-order valence-corrected chi connectivity index (χ2v) is 5.92. The number of alkyl halides is 6. The van der Waals surface area contributed by atoms with Crippen LogP contribution in [0.1, 0.15) is 0 Å². The van der Waals surface area contributed by atoms with Gasteiger partial charge in [0.05, 0.1) is 11.1 Å². The fourth-order valence-corrected chi connectivity index (χ4v) is 2.40. The van der Waals surface area contributed by atoms with Crippen LogP contribution in [0.4, 0.5) is 26.3 Å². The molecule has 2 heterocycles. The molecule has 0 bridgehead atoms. The summed E-state index contributed by atoms with van der Waals surface area (Å²) < 4.78 is 84.3. The number of nitrogens with one attached hydrogen (secondary N) is 1. The second kappa shape index (κ2) is 9.32. The molecule has 7 nitrogen and oxygen atoms in total. The van der Waals surface area contributed by atoms with Gasteiger partial charge in [-0.25, -0.2) is 4.57 Å². The molecule has 3 aromatic rings. The molecular weight excluding hydrogens is 447 g/mol. The molecule has 0 unspecified atom stereocenters. The molecule has 0 amide bonds. The van der Waals surface area contributed by atoms with Gasteiger partial charge in [-0.3, -0.25) is 9.59 Å².